The van der Waals surface area contributed by atoms with E-state index in [0.29, 0.717) is 22.5 Å². The summed E-state index contributed by atoms with van der Waals surface area (Å²) in [6.07, 6.45) is 0. The van der Waals surface area contributed by atoms with Crippen LogP contribution >= 0.6 is 0 Å². The number of nitrogens with zero attached hydrogens (tertiary/aromatic N) is 1. The van der Waals surface area contributed by atoms with Crippen LogP contribution in [0.4, 0.5) is 11.4 Å². The molecule has 2 N–H and O–H groups in total. The lowest BCUT2D eigenvalue weighted by Gasteiger charge is -2.24. The molecule has 2 aromatic carbocycles. The van der Waals surface area contributed by atoms with Gasteiger partial charge in [0.15, 0.2) is 0 Å². The molecule has 0 atom stereocenters. The van der Waals surface area contributed by atoms with E-state index in [0.717, 1.165) is 5.56 Å². The van der Waals surface area contributed by atoms with Crippen LogP contribution in [0.5, 0.6) is 0 Å². The maximum atomic E-state index is 12.9. The minimum atomic E-state index is -3.65. The molecule has 5 heteroatoms. The summed E-state index contributed by atoms with van der Waals surface area (Å²) < 4.78 is 27.2. The van der Waals surface area contributed by atoms with E-state index < -0.39 is 10.0 Å². The first-order valence-corrected chi connectivity index (χ1v) is 8.11. The van der Waals surface area contributed by atoms with E-state index in [4.69, 9.17) is 5.73 Å². The van der Waals surface area contributed by atoms with Crippen molar-refractivity contribution >= 4 is 21.4 Å². The Morgan fingerprint density at radius 1 is 0.952 bits per heavy atom. The highest BCUT2D eigenvalue weighted by atomic mass is 32.2. The Bertz CT molecular complexity index is 783. The number of aryl methyl sites for hydroxylation is 2. The molecule has 0 spiro atoms. The normalized spacial score (nSPS) is 11.4. The number of nitrogens with two attached hydrogens (primary N) is 1. The third-order valence-electron chi connectivity index (χ3n) is 3.72. The SMILES string of the molecule is Cc1ccccc1N(C)S(=O)(=O)c1c(C)ccc(N)c1C. The number of nitrogen functional groups attached to an aromatic ring is 1. The molecule has 0 aliphatic heterocycles. The quantitative estimate of drug-likeness (QED) is 0.887. The Hall–Kier alpha value is -2.01. The monoisotopic (exact) mass is 304 g/mol. The number of benzene rings is 2. The molecule has 0 saturated carbocycles. The van der Waals surface area contributed by atoms with Crippen molar-refractivity contribution in [2.24, 2.45) is 0 Å². The zero-order valence-electron chi connectivity index (χ0n) is 12.7. The minimum Gasteiger partial charge on any atom is -0.398 e. The predicted molar refractivity (Wildman–Crippen MR) is 87.1 cm³/mol. The van der Waals surface area contributed by atoms with Gasteiger partial charge in [-0.3, -0.25) is 4.31 Å². The molecule has 0 heterocycles. The third kappa shape index (κ3) is 2.61. The summed E-state index contributed by atoms with van der Waals surface area (Å²) in [6, 6.07) is 10.9. The summed E-state index contributed by atoms with van der Waals surface area (Å²) >= 11 is 0. The standard InChI is InChI=1S/C16H20N2O2S/c1-11-7-5-6-8-15(11)18(4)21(19,20)16-12(2)9-10-14(17)13(16)3/h5-10H,17H2,1-4H3. The van der Waals surface area contributed by atoms with Crippen LogP contribution in [0.1, 0.15) is 16.7 Å². The average Bonchev–Trinajstić information content (AvgIpc) is 2.43. The van der Waals surface area contributed by atoms with E-state index in [1.807, 2.05) is 25.1 Å². The molecule has 0 saturated heterocycles. The van der Waals surface area contributed by atoms with Crippen LogP contribution in [-0.2, 0) is 10.0 Å². The zero-order valence-corrected chi connectivity index (χ0v) is 13.5. The van der Waals surface area contributed by atoms with Crippen molar-refractivity contribution in [2.75, 3.05) is 17.1 Å². The van der Waals surface area contributed by atoms with Crippen LogP contribution in [0, 0.1) is 20.8 Å². The largest absolute Gasteiger partial charge is 0.398 e. The molecule has 21 heavy (non-hydrogen) atoms. The highest BCUT2D eigenvalue weighted by molar-refractivity contribution is 7.93. The Labute approximate surface area is 126 Å². The zero-order chi connectivity index (χ0) is 15.8. The summed E-state index contributed by atoms with van der Waals surface area (Å²) in [4.78, 5) is 0.285. The van der Waals surface area contributed by atoms with E-state index in [2.05, 4.69) is 0 Å². The molecule has 4 nitrogen and oxygen atoms in total. The first-order chi connectivity index (χ1) is 9.76. The van der Waals surface area contributed by atoms with Gasteiger partial charge in [-0.25, -0.2) is 8.42 Å². The van der Waals surface area contributed by atoms with Crippen molar-refractivity contribution < 1.29 is 8.42 Å². The molecule has 0 bridgehead atoms. The van der Waals surface area contributed by atoms with Crippen molar-refractivity contribution in [1.82, 2.24) is 0 Å². The number of hydrogen-bond donors (Lipinski definition) is 1. The second-order valence-electron chi connectivity index (χ2n) is 5.18. The first kappa shape index (κ1) is 15.4. The van der Waals surface area contributed by atoms with Gasteiger partial charge in [-0.1, -0.05) is 24.3 Å². The number of rotatable bonds is 3. The van der Waals surface area contributed by atoms with E-state index in [-0.39, 0.29) is 4.90 Å². The molecule has 0 unspecified atom stereocenters. The Kier molecular flexibility index (Phi) is 3.96. The summed E-state index contributed by atoms with van der Waals surface area (Å²) in [5, 5.41) is 0. The van der Waals surface area contributed by atoms with Gasteiger partial charge >= 0.3 is 0 Å². The highest BCUT2D eigenvalue weighted by Crippen LogP contribution is 2.30. The van der Waals surface area contributed by atoms with Crippen molar-refractivity contribution in [3.05, 3.63) is 53.1 Å². The minimum absolute atomic E-state index is 0.285. The Morgan fingerprint density at radius 2 is 1.57 bits per heavy atom. The van der Waals surface area contributed by atoms with Crippen LogP contribution in [-0.4, -0.2) is 15.5 Å². The summed E-state index contributed by atoms with van der Waals surface area (Å²) in [6.45, 7) is 5.41. The van der Waals surface area contributed by atoms with Crippen LogP contribution in [0.15, 0.2) is 41.3 Å². The highest BCUT2D eigenvalue weighted by Gasteiger charge is 2.26. The van der Waals surface area contributed by atoms with E-state index in [1.54, 1.807) is 39.1 Å². The van der Waals surface area contributed by atoms with Crippen molar-refractivity contribution in [3.8, 4) is 0 Å². The third-order valence-corrected chi connectivity index (χ3v) is 5.78. The maximum absolute atomic E-state index is 12.9. The molecule has 2 aromatic rings. The number of para-hydroxylation sites is 1. The van der Waals surface area contributed by atoms with E-state index in [9.17, 15) is 8.42 Å². The molecular weight excluding hydrogens is 284 g/mol. The van der Waals surface area contributed by atoms with E-state index in [1.165, 1.54) is 4.31 Å². The average molecular weight is 304 g/mol. The topological polar surface area (TPSA) is 63.4 Å². The second-order valence-corrected chi connectivity index (χ2v) is 7.09. The van der Waals surface area contributed by atoms with Crippen molar-refractivity contribution in [2.45, 2.75) is 25.7 Å². The molecule has 0 aliphatic rings. The number of sulfonamides is 1. The van der Waals surface area contributed by atoms with Gasteiger partial charge in [-0.15, -0.1) is 0 Å². The molecule has 0 aliphatic carbocycles. The predicted octanol–water partition coefficient (Wildman–Crippen LogP) is 3.02. The van der Waals surface area contributed by atoms with Gasteiger partial charge < -0.3 is 5.73 Å². The summed E-state index contributed by atoms with van der Waals surface area (Å²) in [5.41, 5.74) is 9.22. The lowest BCUT2D eigenvalue weighted by atomic mass is 10.1. The maximum Gasteiger partial charge on any atom is 0.264 e. The van der Waals surface area contributed by atoms with Gasteiger partial charge in [0.25, 0.3) is 10.0 Å². The number of hydrogen-bond acceptors (Lipinski definition) is 3. The van der Waals surface area contributed by atoms with Gasteiger partial charge in [-0.2, -0.15) is 0 Å². The summed E-state index contributed by atoms with van der Waals surface area (Å²) in [5.74, 6) is 0. The van der Waals surface area contributed by atoms with Crippen LogP contribution in [0.2, 0.25) is 0 Å². The lowest BCUT2D eigenvalue weighted by molar-refractivity contribution is 0.593. The molecule has 0 radical (unpaired) electrons. The fraction of sp³-hybridized carbons (Fsp3) is 0.250. The lowest BCUT2D eigenvalue weighted by Crippen LogP contribution is -2.28. The first-order valence-electron chi connectivity index (χ1n) is 6.67. The van der Waals surface area contributed by atoms with Gasteiger partial charge in [0.1, 0.15) is 0 Å². The van der Waals surface area contributed by atoms with Gasteiger partial charge in [0.05, 0.1) is 10.6 Å². The van der Waals surface area contributed by atoms with Crippen LogP contribution in [0.3, 0.4) is 0 Å². The smallest absolute Gasteiger partial charge is 0.264 e. The molecule has 112 valence electrons. The van der Waals surface area contributed by atoms with Gasteiger partial charge in [0.2, 0.25) is 0 Å². The van der Waals surface area contributed by atoms with Crippen LogP contribution in [0.25, 0.3) is 0 Å². The van der Waals surface area contributed by atoms with Crippen molar-refractivity contribution in [1.29, 1.82) is 0 Å². The van der Waals surface area contributed by atoms with Gasteiger partial charge in [-0.05, 0) is 49.6 Å². The van der Waals surface area contributed by atoms with E-state index >= 15 is 0 Å². The van der Waals surface area contributed by atoms with Crippen molar-refractivity contribution in [3.63, 3.8) is 0 Å². The fourth-order valence-corrected chi connectivity index (χ4v) is 4.14. The fourth-order valence-electron chi connectivity index (χ4n) is 2.42. The number of anilines is 2. The van der Waals surface area contributed by atoms with Crippen LogP contribution < -0.4 is 10.0 Å². The molecule has 0 fully saturated rings. The Balaban J connectivity index is 2.64. The van der Waals surface area contributed by atoms with Gasteiger partial charge in [0, 0.05) is 12.7 Å². The summed E-state index contributed by atoms with van der Waals surface area (Å²) in [7, 11) is -2.08. The second kappa shape index (κ2) is 5.41. The molecule has 0 aromatic heterocycles. The Morgan fingerprint density at radius 3 is 2.19 bits per heavy atom. The molecule has 2 rings (SSSR count). The molecule has 0 amide bonds. The molecular formula is C16H20N2O2S.